The van der Waals surface area contributed by atoms with Gasteiger partial charge in [0.25, 0.3) is 0 Å². The summed E-state index contributed by atoms with van der Waals surface area (Å²) in [6.07, 6.45) is 3.34. The smallest absolute Gasteiger partial charge is 0.216 e. The topological polar surface area (TPSA) is 67.2 Å². The molecule has 0 aliphatic heterocycles. The maximum atomic E-state index is 12.2. The summed E-state index contributed by atoms with van der Waals surface area (Å²) in [5, 5.41) is 8.79. The Hall–Kier alpha value is -2.84. The van der Waals surface area contributed by atoms with Crippen molar-refractivity contribution < 1.29 is 13.2 Å². The van der Waals surface area contributed by atoms with Gasteiger partial charge in [-0.2, -0.15) is 5.26 Å². The van der Waals surface area contributed by atoms with E-state index in [2.05, 4.69) is 6.58 Å². The van der Waals surface area contributed by atoms with Gasteiger partial charge in [-0.15, -0.1) is 0 Å². The van der Waals surface area contributed by atoms with Gasteiger partial charge in [-0.3, -0.25) is 0 Å². The van der Waals surface area contributed by atoms with Crippen molar-refractivity contribution in [2.75, 3.05) is 0 Å². The Morgan fingerprint density at radius 3 is 2.48 bits per heavy atom. The van der Waals surface area contributed by atoms with E-state index in [4.69, 9.17) is 10.00 Å². The maximum absolute atomic E-state index is 12.2. The summed E-state index contributed by atoms with van der Waals surface area (Å²) < 4.78 is 29.8. The predicted molar refractivity (Wildman–Crippen MR) is 89.3 cm³/mol. The SMILES string of the molecule is C=C(C#N)S(=O)(=O)c1cccc(-c2cccc(OC=CC)c2)c1. The molecule has 0 unspecified atom stereocenters. The Kier molecular flexibility index (Phi) is 4.99. The number of sulfone groups is 1. The molecule has 0 fully saturated rings. The zero-order valence-corrected chi connectivity index (χ0v) is 13.4. The molecule has 23 heavy (non-hydrogen) atoms. The number of hydrogen-bond acceptors (Lipinski definition) is 4. The Morgan fingerprint density at radius 1 is 1.17 bits per heavy atom. The third kappa shape index (κ3) is 3.68. The Bertz CT molecular complexity index is 906. The second-order valence-corrected chi connectivity index (χ2v) is 6.65. The molecule has 0 heterocycles. The number of nitrogens with zero attached hydrogens (tertiary/aromatic N) is 1. The van der Waals surface area contributed by atoms with Crippen molar-refractivity contribution in [3.05, 3.63) is 72.4 Å². The molecular formula is C18H15NO3S. The van der Waals surface area contributed by atoms with Gasteiger partial charge >= 0.3 is 0 Å². The van der Waals surface area contributed by atoms with Crippen LogP contribution in [0.3, 0.4) is 0 Å². The minimum atomic E-state index is -3.84. The fraction of sp³-hybridized carbons (Fsp3) is 0.0556. The van der Waals surface area contributed by atoms with Gasteiger partial charge in [-0.25, -0.2) is 8.42 Å². The average Bonchev–Trinajstić information content (AvgIpc) is 2.59. The van der Waals surface area contributed by atoms with Crippen molar-refractivity contribution in [2.24, 2.45) is 0 Å². The first kappa shape index (κ1) is 16.5. The molecule has 2 aromatic carbocycles. The van der Waals surface area contributed by atoms with Crippen molar-refractivity contribution in [1.82, 2.24) is 0 Å². The van der Waals surface area contributed by atoms with Gasteiger partial charge in [-0.05, 0) is 42.3 Å². The molecule has 2 aromatic rings. The van der Waals surface area contributed by atoms with Gasteiger partial charge in [-0.1, -0.05) is 36.9 Å². The highest BCUT2D eigenvalue weighted by Crippen LogP contribution is 2.27. The summed E-state index contributed by atoms with van der Waals surface area (Å²) in [6, 6.07) is 15.3. The van der Waals surface area contributed by atoms with Crippen LogP contribution in [0.1, 0.15) is 6.92 Å². The molecule has 0 amide bonds. The first-order valence-electron chi connectivity index (χ1n) is 6.81. The van der Waals surface area contributed by atoms with Crippen LogP contribution in [0.15, 0.2) is 77.2 Å². The number of allylic oxidation sites excluding steroid dienone is 2. The van der Waals surface area contributed by atoms with Crippen molar-refractivity contribution in [2.45, 2.75) is 11.8 Å². The lowest BCUT2D eigenvalue weighted by Gasteiger charge is -2.07. The highest BCUT2D eigenvalue weighted by atomic mass is 32.2. The molecule has 5 heteroatoms. The largest absolute Gasteiger partial charge is 0.465 e. The maximum Gasteiger partial charge on any atom is 0.216 e. The predicted octanol–water partition coefficient (Wildman–Crippen LogP) is 4.08. The summed E-state index contributed by atoms with van der Waals surface area (Å²) in [4.78, 5) is -0.429. The lowest BCUT2D eigenvalue weighted by Crippen LogP contribution is -2.02. The van der Waals surface area contributed by atoms with E-state index < -0.39 is 14.7 Å². The molecule has 116 valence electrons. The molecule has 4 nitrogen and oxygen atoms in total. The zero-order valence-electron chi connectivity index (χ0n) is 12.6. The van der Waals surface area contributed by atoms with Crippen LogP contribution in [0.5, 0.6) is 5.75 Å². The highest BCUT2D eigenvalue weighted by Gasteiger charge is 2.19. The van der Waals surface area contributed by atoms with Gasteiger partial charge in [0.2, 0.25) is 9.84 Å². The van der Waals surface area contributed by atoms with Gasteiger partial charge in [0.05, 0.1) is 11.2 Å². The second kappa shape index (κ2) is 6.95. The summed E-state index contributed by atoms with van der Waals surface area (Å²) in [5.41, 5.74) is 1.52. The monoisotopic (exact) mass is 325 g/mol. The average molecular weight is 325 g/mol. The zero-order chi connectivity index (χ0) is 16.9. The van der Waals surface area contributed by atoms with E-state index in [1.165, 1.54) is 12.1 Å². The number of rotatable bonds is 5. The van der Waals surface area contributed by atoms with Crippen molar-refractivity contribution in [3.8, 4) is 22.9 Å². The van der Waals surface area contributed by atoms with Crippen molar-refractivity contribution in [3.63, 3.8) is 0 Å². The molecule has 0 spiro atoms. The van der Waals surface area contributed by atoms with Crippen molar-refractivity contribution in [1.29, 1.82) is 5.26 Å². The van der Waals surface area contributed by atoms with Crippen LogP contribution < -0.4 is 4.74 Å². The quantitative estimate of drug-likeness (QED) is 0.614. The van der Waals surface area contributed by atoms with E-state index in [1.807, 2.05) is 31.2 Å². The normalized spacial score (nSPS) is 11.1. The van der Waals surface area contributed by atoms with Crippen LogP contribution in [0.2, 0.25) is 0 Å². The fourth-order valence-electron chi connectivity index (χ4n) is 1.94. The van der Waals surface area contributed by atoms with Gasteiger partial charge in [0.15, 0.2) is 0 Å². The first-order valence-corrected chi connectivity index (χ1v) is 8.30. The summed E-state index contributed by atoms with van der Waals surface area (Å²) in [5.74, 6) is 0.648. The number of ether oxygens (including phenoxy) is 1. The molecule has 0 saturated carbocycles. The number of benzene rings is 2. The van der Waals surface area contributed by atoms with Crippen LogP contribution in [0.4, 0.5) is 0 Å². The van der Waals surface area contributed by atoms with Crippen LogP contribution in [0, 0.1) is 11.3 Å². The molecule has 0 aliphatic carbocycles. The van der Waals surface area contributed by atoms with Crippen LogP contribution in [-0.2, 0) is 9.84 Å². The second-order valence-electron chi connectivity index (χ2n) is 4.68. The Morgan fingerprint density at radius 2 is 1.83 bits per heavy atom. The lowest BCUT2D eigenvalue weighted by atomic mass is 10.1. The van der Waals surface area contributed by atoms with Gasteiger partial charge in [0, 0.05) is 0 Å². The Balaban J connectivity index is 2.45. The standard InChI is InChI=1S/C18H15NO3S/c1-3-10-22-17-8-4-6-15(11-17)16-7-5-9-18(12-16)23(20,21)14(2)13-19/h3-12H,2H2,1H3. The molecule has 2 rings (SSSR count). The van der Waals surface area contributed by atoms with E-state index in [0.717, 1.165) is 5.56 Å². The molecule has 0 atom stereocenters. The van der Waals surface area contributed by atoms with Gasteiger partial charge in [0.1, 0.15) is 16.7 Å². The molecule has 0 aliphatic rings. The van der Waals surface area contributed by atoms with E-state index in [9.17, 15) is 8.42 Å². The lowest BCUT2D eigenvalue weighted by molar-refractivity contribution is 0.480. The molecule has 0 radical (unpaired) electrons. The summed E-state index contributed by atoms with van der Waals surface area (Å²) >= 11 is 0. The van der Waals surface area contributed by atoms with Crippen molar-refractivity contribution >= 4 is 9.84 Å². The van der Waals surface area contributed by atoms with E-state index >= 15 is 0 Å². The first-order chi connectivity index (χ1) is 11.0. The van der Waals surface area contributed by atoms with Gasteiger partial charge < -0.3 is 4.74 Å². The fourth-order valence-corrected chi connectivity index (χ4v) is 2.89. The molecule has 0 N–H and O–H groups in total. The molecule has 0 saturated heterocycles. The minimum Gasteiger partial charge on any atom is -0.465 e. The summed E-state index contributed by atoms with van der Waals surface area (Å²) in [7, 11) is -3.84. The third-order valence-electron chi connectivity index (χ3n) is 3.10. The Labute approximate surface area is 135 Å². The summed E-state index contributed by atoms with van der Waals surface area (Å²) in [6.45, 7) is 5.14. The van der Waals surface area contributed by atoms with E-state index in [0.29, 0.717) is 11.3 Å². The minimum absolute atomic E-state index is 0.0429. The number of nitriles is 1. The molecule has 0 aromatic heterocycles. The third-order valence-corrected chi connectivity index (χ3v) is 4.72. The number of hydrogen-bond donors (Lipinski definition) is 0. The molecule has 0 bridgehead atoms. The molecular weight excluding hydrogens is 310 g/mol. The van der Waals surface area contributed by atoms with E-state index in [-0.39, 0.29) is 4.90 Å². The van der Waals surface area contributed by atoms with Crippen LogP contribution in [0.25, 0.3) is 11.1 Å². The van der Waals surface area contributed by atoms with E-state index in [1.54, 1.807) is 30.5 Å². The highest BCUT2D eigenvalue weighted by molar-refractivity contribution is 7.95. The van der Waals surface area contributed by atoms with Crippen LogP contribution in [-0.4, -0.2) is 8.42 Å². The van der Waals surface area contributed by atoms with Crippen LogP contribution >= 0.6 is 0 Å².